The third-order valence-electron chi connectivity index (χ3n) is 3.17. The molecule has 0 radical (unpaired) electrons. The van der Waals surface area contributed by atoms with E-state index in [4.69, 9.17) is 14.6 Å². The second-order valence-electron chi connectivity index (χ2n) is 6.31. The number of aliphatic hydroxyl groups is 1. The van der Waals surface area contributed by atoms with E-state index in [1.807, 2.05) is 19.1 Å². The van der Waals surface area contributed by atoms with Gasteiger partial charge in [0.05, 0.1) is 19.8 Å². The molecule has 6 heteroatoms. The Morgan fingerprint density at radius 3 is 2.61 bits per heavy atom. The van der Waals surface area contributed by atoms with Crippen LogP contribution < -0.4 is 15.4 Å². The van der Waals surface area contributed by atoms with Crippen molar-refractivity contribution in [3.8, 4) is 5.75 Å². The third-order valence-corrected chi connectivity index (χ3v) is 3.17. The molecule has 1 rings (SSSR count). The molecule has 0 heterocycles. The summed E-state index contributed by atoms with van der Waals surface area (Å²) in [6.07, 6.45) is 0. The van der Waals surface area contributed by atoms with E-state index in [1.54, 1.807) is 0 Å². The highest BCUT2D eigenvalue weighted by atomic mass is 16.5. The highest BCUT2D eigenvalue weighted by Crippen LogP contribution is 2.31. The molecule has 1 aromatic carbocycles. The maximum Gasteiger partial charge on any atom is 0.317 e. The molecule has 6 nitrogen and oxygen atoms in total. The molecule has 0 saturated carbocycles. The lowest BCUT2D eigenvalue weighted by molar-refractivity contribution is 0.0945. The van der Waals surface area contributed by atoms with Gasteiger partial charge in [0.15, 0.2) is 6.73 Å². The minimum Gasteiger partial charge on any atom is -0.473 e. The molecule has 23 heavy (non-hydrogen) atoms. The molecule has 2 amide bonds. The molecule has 1 aromatic rings. The van der Waals surface area contributed by atoms with E-state index in [2.05, 4.69) is 37.5 Å². The zero-order valence-electron chi connectivity index (χ0n) is 14.4. The molecule has 0 bridgehead atoms. The second-order valence-corrected chi connectivity index (χ2v) is 6.31. The molecule has 0 aromatic heterocycles. The third kappa shape index (κ3) is 7.34. The van der Waals surface area contributed by atoms with Crippen LogP contribution in [0.4, 0.5) is 4.79 Å². The minimum absolute atomic E-state index is 0.0211. The van der Waals surface area contributed by atoms with Crippen LogP contribution in [-0.2, 0) is 10.2 Å². The molecule has 0 atom stereocenters. The second kappa shape index (κ2) is 9.37. The molecule has 0 fully saturated rings. The first-order valence-corrected chi connectivity index (χ1v) is 7.79. The van der Waals surface area contributed by atoms with Crippen molar-refractivity contribution in [1.82, 2.24) is 10.6 Å². The van der Waals surface area contributed by atoms with Gasteiger partial charge in [0.2, 0.25) is 0 Å². The largest absolute Gasteiger partial charge is 0.473 e. The van der Waals surface area contributed by atoms with E-state index in [9.17, 15) is 4.79 Å². The topological polar surface area (TPSA) is 79.8 Å². The predicted molar refractivity (Wildman–Crippen MR) is 89.8 cm³/mol. The molecule has 0 spiro atoms. The molecule has 0 aliphatic carbocycles. The van der Waals surface area contributed by atoms with Crippen molar-refractivity contribution in [1.29, 1.82) is 0 Å². The Balaban J connectivity index is 2.40. The van der Waals surface area contributed by atoms with E-state index in [1.165, 1.54) is 5.56 Å². The predicted octanol–water partition coefficient (Wildman–Crippen LogP) is 1.94. The van der Waals surface area contributed by atoms with Crippen molar-refractivity contribution in [3.05, 3.63) is 29.3 Å². The first-order valence-electron chi connectivity index (χ1n) is 7.79. The quantitative estimate of drug-likeness (QED) is 0.504. The number of hydrogen-bond donors (Lipinski definition) is 3. The fourth-order valence-corrected chi connectivity index (χ4v) is 2.00. The van der Waals surface area contributed by atoms with Gasteiger partial charge >= 0.3 is 6.03 Å². The van der Waals surface area contributed by atoms with Crippen LogP contribution in [0.1, 0.15) is 31.9 Å². The Bertz CT molecular complexity index is 498. The van der Waals surface area contributed by atoms with Gasteiger partial charge in [0.1, 0.15) is 5.75 Å². The fourth-order valence-electron chi connectivity index (χ4n) is 2.00. The van der Waals surface area contributed by atoms with Gasteiger partial charge < -0.3 is 25.2 Å². The summed E-state index contributed by atoms with van der Waals surface area (Å²) >= 11 is 0. The number of benzene rings is 1. The van der Waals surface area contributed by atoms with Gasteiger partial charge in [-0.1, -0.05) is 38.5 Å². The number of carbonyl (C=O) groups is 1. The lowest BCUT2D eigenvalue weighted by Crippen LogP contribution is -2.39. The van der Waals surface area contributed by atoms with Crippen molar-refractivity contribution in [2.75, 3.05) is 33.1 Å². The Morgan fingerprint density at radius 2 is 1.96 bits per heavy atom. The number of carbonyl (C=O) groups excluding carboxylic acids is 1. The van der Waals surface area contributed by atoms with Gasteiger partial charge in [0, 0.05) is 6.54 Å². The Morgan fingerprint density at radius 1 is 1.22 bits per heavy atom. The first kappa shape index (κ1) is 19.3. The summed E-state index contributed by atoms with van der Waals surface area (Å²) < 4.78 is 10.7. The van der Waals surface area contributed by atoms with Crippen LogP contribution in [0.3, 0.4) is 0 Å². The molecular formula is C17H28N2O4. The first-order chi connectivity index (χ1) is 10.8. The summed E-state index contributed by atoms with van der Waals surface area (Å²) in [7, 11) is 0. The zero-order chi connectivity index (χ0) is 17.3. The van der Waals surface area contributed by atoms with Crippen molar-refractivity contribution < 1.29 is 19.4 Å². The number of ether oxygens (including phenoxy) is 2. The van der Waals surface area contributed by atoms with E-state index < -0.39 is 0 Å². The Labute approximate surface area is 138 Å². The Kier molecular flexibility index (Phi) is 7.85. The van der Waals surface area contributed by atoms with Gasteiger partial charge in [-0.2, -0.15) is 0 Å². The minimum atomic E-state index is -0.318. The van der Waals surface area contributed by atoms with Gasteiger partial charge in [-0.3, -0.25) is 0 Å². The van der Waals surface area contributed by atoms with Gasteiger partial charge in [-0.05, 0) is 24.0 Å². The summed E-state index contributed by atoms with van der Waals surface area (Å²) in [4.78, 5) is 11.6. The SMILES string of the molecule is Cc1ccc(OCNC(=O)NCCOCCO)c(C(C)(C)C)c1. The summed E-state index contributed by atoms with van der Waals surface area (Å²) in [6.45, 7) is 9.51. The van der Waals surface area contributed by atoms with Crippen LogP contribution in [0.15, 0.2) is 18.2 Å². The number of aryl methyl sites for hydroxylation is 1. The van der Waals surface area contributed by atoms with Crippen LogP contribution in [0.25, 0.3) is 0 Å². The number of aliphatic hydroxyl groups excluding tert-OH is 1. The average molecular weight is 324 g/mol. The number of rotatable bonds is 8. The van der Waals surface area contributed by atoms with Crippen LogP contribution in [-0.4, -0.2) is 44.2 Å². The Hall–Kier alpha value is -1.79. The molecule has 0 saturated heterocycles. The number of urea groups is 1. The number of nitrogens with one attached hydrogen (secondary N) is 2. The zero-order valence-corrected chi connectivity index (χ0v) is 14.4. The van der Waals surface area contributed by atoms with Crippen molar-refractivity contribution in [2.45, 2.75) is 33.1 Å². The summed E-state index contributed by atoms with van der Waals surface area (Å²) in [5.74, 6) is 0.773. The van der Waals surface area contributed by atoms with Gasteiger partial charge in [-0.25, -0.2) is 4.79 Å². The van der Waals surface area contributed by atoms with Crippen LogP contribution >= 0.6 is 0 Å². The summed E-state index contributed by atoms with van der Waals surface area (Å²) in [6, 6.07) is 5.71. The highest BCUT2D eigenvalue weighted by Gasteiger charge is 2.19. The van der Waals surface area contributed by atoms with Crippen molar-refractivity contribution >= 4 is 6.03 Å². The summed E-state index contributed by atoms with van der Waals surface area (Å²) in [5.41, 5.74) is 2.25. The average Bonchev–Trinajstić information content (AvgIpc) is 2.47. The van der Waals surface area contributed by atoms with E-state index in [0.717, 1.165) is 11.3 Å². The van der Waals surface area contributed by atoms with Crippen molar-refractivity contribution in [2.24, 2.45) is 0 Å². The van der Waals surface area contributed by atoms with Crippen LogP contribution in [0.5, 0.6) is 5.75 Å². The van der Waals surface area contributed by atoms with Crippen LogP contribution in [0.2, 0.25) is 0 Å². The van der Waals surface area contributed by atoms with E-state index in [0.29, 0.717) is 13.2 Å². The molecule has 3 N–H and O–H groups in total. The molecule has 130 valence electrons. The lowest BCUT2D eigenvalue weighted by atomic mass is 9.85. The van der Waals surface area contributed by atoms with Crippen molar-refractivity contribution in [3.63, 3.8) is 0 Å². The molecule has 0 aliphatic heterocycles. The molecule has 0 aliphatic rings. The lowest BCUT2D eigenvalue weighted by Gasteiger charge is -2.23. The van der Waals surface area contributed by atoms with Gasteiger partial charge in [-0.15, -0.1) is 0 Å². The highest BCUT2D eigenvalue weighted by molar-refractivity contribution is 5.73. The van der Waals surface area contributed by atoms with E-state index in [-0.39, 0.29) is 31.4 Å². The standard InChI is InChI=1S/C17H28N2O4/c1-13-5-6-15(14(11-13)17(2,3)4)23-12-19-16(21)18-7-9-22-10-8-20/h5-6,11,20H,7-10,12H2,1-4H3,(H2,18,19,21). The molecule has 0 unspecified atom stereocenters. The maximum absolute atomic E-state index is 11.6. The van der Waals surface area contributed by atoms with Crippen LogP contribution in [0, 0.1) is 6.92 Å². The number of amides is 2. The normalized spacial score (nSPS) is 11.2. The summed E-state index contributed by atoms with van der Waals surface area (Å²) in [5, 5.41) is 13.8. The fraction of sp³-hybridized carbons (Fsp3) is 0.588. The smallest absolute Gasteiger partial charge is 0.317 e. The van der Waals surface area contributed by atoms with Gasteiger partial charge in [0.25, 0.3) is 0 Å². The monoisotopic (exact) mass is 324 g/mol. The maximum atomic E-state index is 11.6. The van der Waals surface area contributed by atoms with E-state index >= 15 is 0 Å². The number of hydrogen-bond acceptors (Lipinski definition) is 4. The molecular weight excluding hydrogens is 296 g/mol.